The molecule has 0 bridgehead atoms. The van der Waals surface area contributed by atoms with E-state index in [4.69, 9.17) is 9.47 Å². The van der Waals surface area contributed by atoms with Crippen LogP contribution in [0.15, 0.2) is 0 Å². The molecule has 10 heteroatoms. The Kier molecular flexibility index (Phi) is 12.7. The molecule has 0 spiro atoms. The van der Waals surface area contributed by atoms with Crippen molar-refractivity contribution >= 4 is 22.0 Å². The molecule has 0 radical (unpaired) electrons. The van der Waals surface area contributed by atoms with Crippen molar-refractivity contribution in [2.24, 2.45) is 5.41 Å². The summed E-state index contributed by atoms with van der Waals surface area (Å²) in [5.74, 6) is -2.03. The summed E-state index contributed by atoms with van der Waals surface area (Å²) in [5.41, 5.74) is -0.881. The third-order valence-electron chi connectivity index (χ3n) is 4.10. The molecule has 0 rings (SSSR count). The van der Waals surface area contributed by atoms with Crippen molar-refractivity contribution in [2.75, 3.05) is 19.4 Å². The Morgan fingerprint density at radius 3 is 1.93 bits per heavy atom. The molecule has 0 fully saturated rings. The van der Waals surface area contributed by atoms with E-state index in [2.05, 4.69) is 0 Å². The molecule has 0 aliphatic heterocycles. The standard InChI is InChI=1S/C18H35NO7S.Na/c1-13(17(2,3)4)26-14(12-25-16(22)10-9-15(20)21)11-19(18(5,6)7)27(8,23)24;/h13-14H,9-12H2,1-8H3,(H,20,21);/q;+1/p-1/t13-,14-;/m0./s1. The SMILES string of the molecule is C[C@H](O[C@H](COC(=O)CCC(=O)[O-])CN(C(C)(C)C)S(C)(=O)=O)C(C)(C)C.[Na+]. The molecule has 0 saturated carbocycles. The number of esters is 1. The molecule has 0 aromatic carbocycles. The van der Waals surface area contributed by atoms with Crippen LogP contribution < -0.4 is 34.7 Å². The fraction of sp³-hybridized carbons (Fsp3) is 0.889. The molecule has 0 saturated heterocycles. The zero-order chi connectivity index (χ0) is 21.6. The quantitative estimate of drug-likeness (QED) is 0.289. The van der Waals surface area contributed by atoms with E-state index in [9.17, 15) is 23.1 Å². The van der Waals surface area contributed by atoms with Crippen LogP contribution in [0.3, 0.4) is 0 Å². The second-order valence-electron chi connectivity index (χ2n) is 8.79. The van der Waals surface area contributed by atoms with Crippen molar-refractivity contribution in [1.29, 1.82) is 0 Å². The van der Waals surface area contributed by atoms with Gasteiger partial charge >= 0.3 is 35.5 Å². The Labute approximate surface area is 191 Å². The maximum Gasteiger partial charge on any atom is 1.00 e. The van der Waals surface area contributed by atoms with Crippen molar-refractivity contribution in [3.8, 4) is 0 Å². The van der Waals surface area contributed by atoms with Crippen LogP contribution in [0.1, 0.15) is 61.3 Å². The van der Waals surface area contributed by atoms with Crippen LogP contribution in [0.25, 0.3) is 0 Å². The van der Waals surface area contributed by atoms with Crippen LogP contribution in [0, 0.1) is 5.41 Å². The van der Waals surface area contributed by atoms with Crippen molar-refractivity contribution in [2.45, 2.75) is 79.1 Å². The topological polar surface area (TPSA) is 113 Å². The summed E-state index contributed by atoms with van der Waals surface area (Å²) < 4.78 is 36.8. The Morgan fingerprint density at radius 2 is 1.57 bits per heavy atom. The molecular formula is C18H34NNaO7S. The Balaban J connectivity index is 0. The first-order chi connectivity index (χ1) is 11.9. The van der Waals surface area contributed by atoms with Crippen LogP contribution >= 0.6 is 0 Å². The van der Waals surface area contributed by atoms with E-state index in [1.54, 1.807) is 20.8 Å². The maximum absolute atomic E-state index is 12.2. The molecule has 160 valence electrons. The van der Waals surface area contributed by atoms with E-state index >= 15 is 0 Å². The van der Waals surface area contributed by atoms with Gasteiger partial charge in [-0.25, -0.2) is 8.42 Å². The summed E-state index contributed by atoms with van der Waals surface area (Å²) in [4.78, 5) is 22.2. The number of sulfonamides is 1. The van der Waals surface area contributed by atoms with Crippen molar-refractivity contribution < 1.29 is 62.1 Å². The molecule has 0 unspecified atom stereocenters. The Hall–Kier alpha value is -0.190. The molecule has 0 aliphatic carbocycles. The van der Waals surface area contributed by atoms with Gasteiger partial charge in [-0.2, -0.15) is 4.31 Å². The zero-order valence-electron chi connectivity index (χ0n) is 18.7. The number of carboxylic acid groups (broad SMARTS) is 1. The Morgan fingerprint density at radius 1 is 1.07 bits per heavy atom. The summed E-state index contributed by atoms with van der Waals surface area (Å²) in [6.45, 7) is 13.0. The van der Waals surface area contributed by atoms with Gasteiger partial charge in [-0.15, -0.1) is 0 Å². The fourth-order valence-electron chi connectivity index (χ4n) is 2.18. The summed E-state index contributed by atoms with van der Waals surface area (Å²) in [5, 5.41) is 10.4. The van der Waals surface area contributed by atoms with Gasteiger partial charge in [-0.3, -0.25) is 4.79 Å². The summed E-state index contributed by atoms with van der Waals surface area (Å²) in [6.07, 6.45) is -0.543. The first kappa shape index (κ1) is 30.0. The minimum atomic E-state index is -3.52. The molecule has 0 aliphatic rings. The minimum absolute atomic E-state index is 0. The second kappa shape index (κ2) is 11.9. The van der Waals surface area contributed by atoms with E-state index < -0.39 is 40.0 Å². The van der Waals surface area contributed by atoms with Crippen LogP contribution in [0.4, 0.5) is 0 Å². The molecular weight excluding hydrogens is 397 g/mol. The van der Waals surface area contributed by atoms with E-state index in [-0.39, 0.29) is 60.6 Å². The molecule has 28 heavy (non-hydrogen) atoms. The molecule has 0 N–H and O–H groups in total. The number of nitrogens with zero attached hydrogens (tertiary/aromatic N) is 1. The fourth-order valence-corrected chi connectivity index (χ4v) is 3.61. The monoisotopic (exact) mass is 431 g/mol. The number of ether oxygens (including phenoxy) is 2. The largest absolute Gasteiger partial charge is 1.00 e. The zero-order valence-corrected chi connectivity index (χ0v) is 21.5. The van der Waals surface area contributed by atoms with Gasteiger partial charge < -0.3 is 19.4 Å². The average Bonchev–Trinajstić information content (AvgIpc) is 2.43. The van der Waals surface area contributed by atoms with Crippen LogP contribution in [0.5, 0.6) is 0 Å². The van der Waals surface area contributed by atoms with Crippen LogP contribution in [-0.4, -0.2) is 61.8 Å². The first-order valence-electron chi connectivity index (χ1n) is 8.93. The van der Waals surface area contributed by atoms with Crippen molar-refractivity contribution in [1.82, 2.24) is 4.31 Å². The van der Waals surface area contributed by atoms with Crippen molar-refractivity contribution in [3.05, 3.63) is 0 Å². The van der Waals surface area contributed by atoms with Crippen LogP contribution in [0.2, 0.25) is 0 Å². The summed E-state index contributed by atoms with van der Waals surface area (Å²) >= 11 is 0. The van der Waals surface area contributed by atoms with Crippen LogP contribution in [-0.2, 0) is 29.1 Å². The normalized spacial score (nSPS) is 14.9. The number of hydrogen-bond acceptors (Lipinski definition) is 7. The number of aliphatic carboxylic acids is 1. The third-order valence-corrected chi connectivity index (χ3v) is 5.60. The van der Waals surface area contributed by atoms with Gasteiger partial charge in [0, 0.05) is 18.1 Å². The number of carbonyl (C=O) groups is 2. The summed E-state index contributed by atoms with van der Waals surface area (Å²) in [6, 6.07) is 0. The van der Waals surface area contributed by atoms with E-state index in [1.807, 2.05) is 27.7 Å². The van der Waals surface area contributed by atoms with Gasteiger partial charge in [0.25, 0.3) is 0 Å². The molecule has 2 atom stereocenters. The average molecular weight is 432 g/mol. The van der Waals surface area contributed by atoms with Crippen molar-refractivity contribution in [3.63, 3.8) is 0 Å². The van der Waals surface area contributed by atoms with E-state index in [0.717, 1.165) is 6.26 Å². The predicted octanol–water partition coefficient (Wildman–Crippen LogP) is -2.06. The van der Waals surface area contributed by atoms with Gasteiger partial charge in [0.05, 0.1) is 18.8 Å². The predicted molar refractivity (Wildman–Crippen MR) is 100 cm³/mol. The van der Waals surface area contributed by atoms with E-state index in [0.29, 0.717) is 0 Å². The maximum atomic E-state index is 12.2. The molecule has 0 aromatic rings. The molecule has 0 heterocycles. The van der Waals surface area contributed by atoms with E-state index in [1.165, 1.54) is 4.31 Å². The van der Waals surface area contributed by atoms with Gasteiger partial charge in [-0.1, -0.05) is 20.8 Å². The van der Waals surface area contributed by atoms with Gasteiger partial charge in [-0.05, 0) is 39.5 Å². The van der Waals surface area contributed by atoms with Gasteiger partial charge in [0.1, 0.15) is 12.7 Å². The third kappa shape index (κ3) is 12.4. The van der Waals surface area contributed by atoms with Gasteiger partial charge in [0.15, 0.2) is 0 Å². The number of rotatable bonds is 10. The number of carbonyl (C=O) groups excluding carboxylic acids is 2. The minimum Gasteiger partial charge on any atom is -0.550 e. The molecule has 0 amide bonds. The smallest absolute Gasteiger partial charge is 0.550 e. The second-order valence-corrected chi connectivity index (χ2v) is 10.7. The number of hydrogen-bond donors (Lipinski definition) is 0. The number of carboxylic acids is 1. The molecule has 8 nitrogen and oxygen atoms in total. The van der Waals surface area contributed by atoms with Gasteiger partial charge in [0.2, 0.25) is 10.0 Å². The molecule has 0 aromatic heterocycles. The summed E-state index contributed by atoms with van der Waals surface area (Å²) in [7, 11) is -3.52. The first-order valence-corrected chi connectivity index (χ1v) is 10.8. The Bertz CT molecular complexity index is 608.